The van der Waals surface area contributed by atoms with Crippen LogP contribution in [0.1, 0.15) is 32.8 Å². The molecule has 0 atom stereocenters. The summed E-state index contributed by atoms with van der Waals surface area (Å²) in [6.07, 6.45) is 0.549. The van der Waals surface area contributed by atoms with Gasteiger partial charge in [-0.05, 0) is 30.5 Å². The highest BCUT2D eigenvalue weighted by Crippen LogP contribution is 2.30. The maximum Gasteiger partial charge on any atom is 0.223 e. The smallest absolute Gasteiger partial charge is 0.223 e. The van der Waals surface area contributed by atoms with E-state index < -0.39 is 0 Å². The molecule has 2 aromatic heterocycles. The molecule has 0 bridgehead atoms. The molecule has 0 aliphatic carbocycles. The van der Waals surface area contributed by atoms with E-state index in [0.717, 1.165) is 33.9 Å². The summed E-state index contributed by atoms with van der Waals surface area (Å²) in [5, 5.41) is 10.6. The minimum atomic E-state index is -0.0228. The zero-order valence-electron chi connectivity index (χ0n) is 20.0. The van der Waals surface area contributed by atoms with Gasteiger partial charge in [0.15, 0.2) is 11.5 Å². The number of benzene rings is 2. The summed E-state index contributed by atoms with van der Waals surface area (Å²) in [7, 11) is 0. The first-order valence-electron chi connectivity index (χ1n) is 11.6. The molecular weight excluding hydrogens is 448 g/mol. The molecule has 0 N–H and O–H groups in total. The molecule has 4 aromatic rings. The van der Waals surface area contributed by atoms with Crippen LogP contribution in [0, 0.1) is 12.3 Å². The summed E-state index contributed by atoms with van der Waals surface area (Å²) in [6.45, 7) is 11.1. The quantitative estimate of drug-likeness (QED) is 0.416. The fourth-order valence-electron chi connectivity index (χ4n) is 4.42. The Morgan fingerprint density at radius 3 is 2.38 bits per heavy atom. The van der Waals surface area contributed by atoms with E-state index in [1.54, 1.807) is 0 Å². The predicted octanol–water partition coefficient (Wildman–Crippen LogP) is 4.99. The number of hydrogen-bond donors (Lipinski definition) is 0. The van der Waals surface area contributed by atoms with E-state index in [1.165, 1.54) is 5.56 Å². The summed E-state index contributed by atoms with van der Waals surface area (Å²) in [5.41, 5.74) is 3.67. The highest BCUT2D eigenvalue weighted by molar-refractivity contribution is 6.31. The van der Waals surface area contributed by atoms with Crippen LogP contribution in [0.4, 0.5) is 5.95 Å². The SMILES string of the molecule is Cc1ccc(-c2nnc3c4ccc(Cl)cc4nc(N4CCN(C(=O)CC(C)(C)C)CC4)n23)cc1. The lowest BCUT2D eigenvalue weighted by Gasteiger charge is -2.36. The number of halogens is 1. The minimum absolute atomic E-state index is 0.0228. The summed E-state index contributed by atoms with van der Waals surface area (Å²) < 4.78 is 2.04. The van der Waals surface area contributed by atoms with Gasteiger partial charge in [-0.3, -0.25) is 4.79 Å². The molecule has 0 unspecified atom stereocenters. The zero-order chi connectivity index (χ0) is 24.0. The number of fused-ring (bicyclic) bond motifs is 3. The van der Waals surface area contributed by atoms with Crippen LogP contribution in [0.25, 0.3) is 27.9 Å². The van der Waals surface area contributed by atoms with Gasteiger partial charge in [0.2, 0.25) is 11.9 Å². The molecule has 1 amide bonds. The number of hydrogen-bond acceptors (Lipinski definition) is 5. The molecule has 176 valence electrons. The van der Waals surface area contributed by atoms with Crippen LogP contribution in [0.2, 0.25) is 5.02 Å². The van der Waals surface area contributed by atoms with Gasteiger partial charge in [-0.15, -0.1) is 10.2 Å². The third kappa shape index (κ3) is 4.32. The third-order valence-electron chi connectivity index (χ3n) is 6.19. The Labute approximate surface area is 204 Å². The van der Waals surface area contributed by atoms with Gasteiger partial charge in [-0.1, -0.05) is 62.2 Å². The maximum atomic E-state index is 12.8. The lowest BCUT2D eigenvalue weighted by Crippen LogP contribution is -2.50. The first-order chi connectivity index (χ1) is 16.2. The number of aromatic nitrogens is 4. The van der Waals surface area contributed by atoms with Crippen molar-refractivity contribution in [3.05, 3.63) is 53.1 Å². The van der Waals surface area contributed by atoms with Crippen molar-refractivity contribution in [1.29, 1.82) is 0 Å². The average molecular weight is 477 g/mol. The van der Waals surface area contributed by atoms with E-state index in [9.17, 15) is 4.79 Å². The predicted molar refractivity (Wildman–Crippen MR) is 136 cm³/mol. The summed E-state index contributed by atoms with van der Waals surface area (Å²) >= 11 is 6.29. The third-order valence-corrected chi connectivity index (χ3v) is 6.43. The fraction of sp³-hybridized carbons (Fsp3) is 0.385. The number of carbonyl (C=O) groups excluding carboxylic acids is 1. The monoisotopic (exact) mass is 476 g/mol. The van der Waals surface area contributed by atoms with Gasteiger partial charge >= 0.3 is 0 Å². The van der Waals surface area contributed by atoms with Crippen molar-refractivity contribution in [1.82, 2.24) is 24.5 Å². The number of carbonyl (C=O) groups is 1. The maximum absolute atomic E-state index is 12.8. The van der Waals surface area contributed by atoms with Crippen LogP contribution in [0.3, 0.4) is 0 Å². The molecular formula is C26H29ClN6O. The molecule has 5 rings (SSSR count). The number of nitrogens with zero attached hydrogens (tertiary/aromatic N) is 6. The number of aryl methyl sites for hydroxylation is 1. The molecule has 2 aromatic carbocycles. The Morgan fingerprint density at radius 1 is 1.00 bits per heavy atom. The summed E-state index contributed by atoms with van der Waals surface area (Å²) in [5.74, 6) is 1.73. The Balaban J connectivity index is 1.56. The fourth-order valence-corrected chi connectivity index (χ4v) is 4.58. The largest absolute Gasteiger partial charge is 0.339 e. The lowest BCUT2D eigenvalue weighted by atomic mass is 9.91. The van der Waals surface area contributed by atoms with Crippen molar-refractivity contribution in [2.24, 2.45) is 5.41 Å². The van der Waals surface area contributed by atoms with Crippen LogP contribution in [-0.4, -0.2) is 56.6 Å². The molecule has 0 saturated carbocycles. The highest BCUT2D eigenvalue weighted by atomic mass is 35.5. The van der Waals surface area contributed by atoms with Crippen molar-refractivity contribution in [3.63, 3.8) is 0 Å². The molecule has 34 heavy (non-hydrogen) atoms. The van der Waals surface area contributed by atoms with Gasteiger partial charge in [0.05, 0.1) is 5.52 Å². The van der Waals surface area contributed by atoms with Crippen LogP contribution in [-0.2, 0) is 4.79 Å². The Morgan fingerprint density at radius 2 is 1.71 bits per heavy atom. The van der Waals surface area contributed by atoms with Gasteiger partial charge in [-0.2, -0.15) is 0 Å². The standard InChI is InChI=1S/C26H29ClN6O/c1-17-5-7-18(8-6-17)23-29-30-24-20-10-9-19(27)15-21(20)28-25(33(23)24)32-13-11-31(12-14-32)22(34)16-26(2,3)4/h5-10,15H,11-14,16H2,1-4H3. The first kappa shape index (κ1) is 22.6. The van der Waals surface area contributed by atoms with Gasteiger partial charge < -0.3 is 9.80 Å². The molecule has 8 heteroatoms. The van der Waals surface area contributed by atoms with Gasteiger partial charge in [0, 0.05) is 48.6 Å². The van der Waals surface area contributed by atoms with Crippen LogP contribution >= 0.6 is 11.6 Å². The van der Waals surface area contributed by atoms with Crippen molar-refractivity contribution in [3.8, 4) is 11.4 Å². The van der Waals surface area contributed by atoms with Gasteiger partial charge in [-0.25, -0.2) is 9.38 Å². The number of piperazine rings is 1. The van der Waals surface area contributed by atoms with E-state index in [4.69, 9.17) is 16.6 Å². The van der Waals surface area contributed by atoms with Crippen molar-refractivity contribution < 1.29 is 4.79 Å². The zero-order valence-corrected chi connectivity index (χ0v) is 20.8. The molecule has 1 saturated heterocycles. The Bertz CT molecular complexity index is 1360. The second-order valence-electron chi connectivity index (χ2n) is 10.2. The van der Waals surface area contributed by atoms with E-state index in [-0.39, 0.29) is 11.3 Å². The van der Waals surface area contributed by atoms with E-state index >= 15 is 0 Å². The number of anilines is 1. The molecule has 1 aliphatic rings. The minimum Gasteiger partial charge on any atom is -0.339 e. The summed E-state index contributed by atoms with van der Waals surface area (Å²) in [4.78, 5) is 22.0. The first-order valence-corrected chi connectivity index (χ1v) is 12.0. The molecule has 7 nitrogen and oxygen atoms in total. The Kier molecular flexibility index (Phi) is 5.68. The number of amides is 1. The van der Waals surface area contributed by atoms with Crippen LogP contribution < -0.4 is 4.90 Å². The normalized spacial score (nSPS) is 14.9. The van der Waals surface area contributed by atoms with Crippen molar-refractivity contribution in [2.45, 2.75) is 34.1 Å². The second-order valence-corrected chi connectivity index (χ2v) is 10.7. The second kappa shape index (κ2) is 8.55. The van der Waals surface area contributed by atoms with Crippen molar-refractivity contribution >= 4 is 40.0 Å². The molecule has 3 heterocycles. The van der Waals surface area contributed by atoms with E-state index in [0.29, 0.717) is 37.6 Å². The van der Waals surface area contributed by atoms with Crippen molar-refractivity contribution in [2.75, 3.05) is 31.1 Å². The van der Waals surface area contributed by atoms with Crippen LogP contribution in [0.5, 0.6) is 0 Å². The van der Waals surface area contributed by atoms with Gasteiger partial charge in [0.25, 0.3) is 0 Å². The highest BCUT2D eigenvalue weighted by Gasteiger charge is 2.28. The molecule has 0 spiro atoms. The lowest BCUT2D eigenvalue weighted by molar-refractivity contribution is -0.133. The molecule has 1 aliphatic heterocycles. The molecule has 1 fully saturated rings. The average Bonchev–Trinajstić information content (AvgIpc) is 3.23. The topological polar surface area (TPSA) is 66.6 Å². The Hall–Kier alpha value is -3.19. The van der Waals surface area contributed by atoms with E-state index in [2.05, 4.69) is 67.1 Å². The van der Waals surface area contributed by atoms with E-state index in [1.807, 2.05) is 27.5 Å². The summed E-state index contributed by atoms with van der Waals surface area (Å²) in [6, 6.07) is 13.9. The van der Waals surface area contributed by atoms with Gasteiger partial charge in [0.1, 0.15) is 0 Å². The number of rotatable bonds is 3. The van der Waals surface area contributed by atoms with Crippen LogP contribution in [0.15, 0.2) is 42.5 Å². The molecule has 0 radical (unpaired) electrons.